The highest BCUT2D eigenvalue weighted by Gasteiger charge is 2.28. The van der Waals surface area contributed by atoms with Gasteiger partial charge in [0.15, 0.2) is 6.10 Å². The van der Waals surface area contributed by atoms with E-state index in [1.54, 1.807) is 0 Å². The summed E-state index contributed by atoms with van der Waals surface area (Å²) in [7, 11) is 1.28. The van der Waals surface area contributed by atoms with Crippen LogP contribution in [0.15, 0.2) is 0 Å². The van der Waals surface area contributed by atoms with Gasteiger partial charge in [0.25, 0.3) is 0 Å². The van der Waals surface area contributed by atoms with Gasteiger partial charge in [0.1, 0.15) is 0 Å². The van der Waals surface area contributed by atoms with Crippen molar-refractivity contribution in [2.24, 2.45) is 0 Å². The van der Waals surface area contributed by atoms with Crippen LogP contribution in [0.25, 0.3) is 0 Å². The molecule has 0 aromatic heterocycles. The summed E-state index contributed by atoms with van der Waals surface area (Å²) in [6, 6.07) is -0.109. The maximum absolute atomic E-state index is 10.8. The van der Waals surface area contributed by atoms with Crippen LogP contribution in [0.1, 0.15) is 12.8 Å². The minimum atomic E-state index is -0.998. The van der Waals surface area contributed by atoms with Gasteiger partial charge in [-0.05, 0) is 19.4 Å². The largest absolute Gasteiger partial charge is 0.467 e. The Hall–Kier alpha value is -0.610. The van der Waals surface area contributed by atoms with Gasteiger partial charge in [-0.15, -0.1) is 0 Å². The Morgan fingerprint density at radius 3 is 3.00 bits per heavy atom. The summed E-state index contributed by atoms with van der Waals surface area (Å²) in [5, 5.41) is 12.3. The summed E-state index contributed by atoms with van der Waals surface area (Å²) in [6.07, 6.45) is 0.858. The van der Waals surface area contributed by atoms with Crippen molar-refractivity contribution in [3.63, 3.8) is 0 Å². The Morgan fingerprint density at radius 1 is 1.82 bits per heavy atom. The molecule has 1 saturated heterocycles. The molecule has 1 rings (SSSR count). The van der Waals surface area contributed by atoms with E-state index in [-0.39, 0.29) is 6.04 Å². The molecule has 0 aromatic rings. The third-order valence-electron chi connectivity index (χ3n) is 1.92. The summed E-state index contributed by atoms with van der Waals surface area (Å²) < 4.78 is 4.40. The number of methoxy groups -OCH3 is 1. The molecule has 0 bridgehead atoms. The quantitative estimate of drug-likeness (QED) is 0.522. The first-order valence-corrected chi connectivity index (χ1v) is 3.75. The van der Waals surface area contributed by atoms with Gasteiger partial charge in [-0.1, -0.05) is 0 Å². The Balaban J connectivity index is 2.39. The Kier molecular flexibility index (Phi) is 2.84. The van der Waals surface area contributed by atoms with Gasteiger partial charge in [-0.2, -0.15) is 0 Å². The number of aliphatic hydroxyl groups is 1. The van der Waals surface area contributed by atoms with Gasteiger partial charge >= 0.3 is 5.97 Å². The average molecular weight is 159 g/mol. The lowest BCUT2D eigenvalue weighted by Gasteiger charge is -2.14. The second kappa shape index (κ2) is 3.69. The van der Waals surface area contributed by atoms with Crippen molar-refractivity contribution in [1.82, 2.24) is 5.32 Å². The maximum Gasteiger partial charge on any atom is 0.336 e. The van der Waals surface area contributed by atoms with E-state index in [9.17, 15) is 9.90 Å². The van der Waals surface area contributed by atoms with Gasteiger partial charge in [0.05, 0.1) is 7.11 Å². The maximum atomic E-state index is 10.8. The molecule has 4 nitrogen and oxygen atoms in total. The molecule has 0 spiro atoms. The predicted octanol–water partition coefficient (Wildman–Crippen LogP) is -0.728. The number of nitrogens with one attached hydrogen (secondary N) is 1. The van der Waals surface area contributed by atoms with Crippen molar-refractivity contribution < 1.29 is 14.6 Å². The molecule has 1 aliphatic heterocycles. The first kappa shape index (κ1) is 8.49. The van der Waals surface area contributed by atoms with E-state index < -0.39 is 12.1 Å². The molecule has 11 heavy (non-hydrogen) atoms. The van der Waals surface area contributed by atoms with Crippen molar-refractivity contribution in [2.45, 2.75) is 25.0 Å². The van der Waals surface area contributed by atoms with E-state index in [4.69, 9.17) is 0 Å². The molecular weight excluding hydrogens is 146 g/mol. The fourth-order valence-electron chi connectivity index (χ4n) is 1.27. The topological polar surface area (TPSA) is 58.6 Å². The number of hydrogen-bond donors (Lipinski definition) is 2. The van der Waals surface area contributed by atoms with Crippen molar-refractivity contribution in [3.8, 4) is 0 Å². The lowest BCUT2D eigenvalue weighted by molar-refractivity contribution is -0.151. The van der Waals surface area contributed by atoms with Crippen LogP contribution in [0.5, 0.6) is 0 Å². The molecule has 0 amide bonds. The molecule has 0 saturated carbocycles. The summed E-state index contributed by atoms with van der Waals surface area (Å²) >= 11 is 0. The van der Waals surface area contributed by atoms with Gasteiger partial charge in [0, 0.05) is 6.04 Å². The number of aliphatic hydroxyl groups excluding tert-OH is 1. The molecule has 0 unspecified atom stereocenters. The van der Waals surface area contributed by atoms with E-state index in [2.05, 4.69) is 10.1 Å². The normalized spacial score (nSPS) is 26.5. The SMILES string of the molecule is COC(=O)[C@H](O)[C@@H]1CCCN1. The van der Waals surface area contributed by atoms with Gasteiger partial charge in [-0.25, -0.2) is 4.79 Å². The molecule has 1 heterocycles. The molecule has 2 atom stereocenters. The number of carbonyl (C=O) groups is 1. The Bertz CT molecular complexity index is 143. The minimum absolute atomic E-state index is 0.109. The van der Waals surface area contributed by atoms with Crippen molar-refractivity contribution in [2.75, 3.05) is 13.7 Å². The number of carbonyl (C=O) groups excluding carboxylic acids is 1. The lowest BCUT2D eigenvalue weighted by atomic mass is 10.1. The second-order valence-corrected chi connectivity index (χ2v) is 2.67. The zero-order valence-corrected chi connectivity index (χ0v) is 6.54. The van der Waals surface area contributed by atoms with Crippen LogP contribution in [0, 0.1) is 0 Å². The van der Waals surface area contributed by atoms with Crippen molar-refractivity contribution in [3.05, 3.63) is 0 Å². The molecule has 64 valence electrons. The molecule has 1 fully saturated rings. The van der Waals surface area contributed by atoms with Crippen LogP contribution >= 0.6 is 0 Å². The van der Waals surface area contributed by atoms with Gasteiger partial charge < -0.3 is 15.2 Å². The van der Waals surface area contributed by atoms with E-state index in [0.717, 1.165) is 19.4 Å². The van der Waals surface area contributed by atoms with Crippen LogP contribution in [-0.4, -0.2) is 36.9 Å². The Labute approximate surface area is 65.5 Å². The fourth-order valence-corrected chi connectivity index (χ4v) is 1.27. The smallest absolute Gasteiger partial charge is 0.336 e. The standard InChI is InChI=1S/C7H13NO3/c1-11-7(10)6(9)5-3-2-4-8-5/h5-6,8-9H,2-4H2,1H3/t5-,6+/m0/s1. The number of hydrogen-bond acceptors (Lipinski definition) is 4. The van der Waals surface area contributed by atoms with Gasteiger partial charge in [0.2, 0.25) is 0 Å². The minimum Gasteiger partial charge on any atom is -0.467 e. The number of rotatable bonds is 2. The lowest BCUT2D eigenvalue weighted by Crippen LogP contribution is -2.40. The van der Waals surface area contributed by atoms with Crippen molar-refractivity contribution in [1.29, 1.82) is 0 Å². The number of ether oxygens (including phenoxy) is 1. The molecular formula is C7H13NO3. The first-order valence-electron chi connectivity index (χ1n) is 3.75. The Morgan fingerprint density at radius 2 is 2.55 bits per heavy atom. The monoisotopic (exact) mass is 159 g/mol. The van der Waals surface area contributed by atoms with Crippen LogP contribution in [-0.2, 0) is 9.53 Å². The first-order chi connectivity index (χ1) is 5.25. The molecule has 2 N–H and O–H groups in total. The molecule has 4 heteroatoms. The molecule has 0 radical (unpaired) electrons. The zero-order chi connectivity index (χ0) is 8.27. The average Bonchev–Trinajstić information content (AvgIpc) is 2.53. The summed E-state index contributed by atoms with van der Waals surface area (Å²) in [4.78, 5) is 10.8. The van der Waals surface area contributed by atoms with E-state index in [1.165, 1.54) is 7.11 Å². The summed E-state index contributed by atoms with van der Waals surface area (Å²) in [5.41, 5.74) is 0. The van der Waals surface area contributed by atoms with E-state index in [1.807, 2.05) is 0 Å². The highest BCUT2D eigenvalue weighted by Crippen LogP contribution is 2.09. The van der Waals surface area contributed by atoms with Gasteiger partial charge in [-0.3, -0.25) is 0 Å². The van der Waals surface area contributed by atoms with E-state index >= 15 is 0 Å². The molecule has 0 aromatic carbocycles. The van der Waals surface area contributed by atoms with Crippen molar-refractivity contribution >= 4 is 5.97 Å². The van der Waals surface area contributed by atoms with Crippen LogP contribution in [0.4, 0.5) is 0 Å². The third kappa shape index (κ3) is 1.91. The molecule has 1 aliphatic rings. The molecule has 0 aliphatic carbocycles. The van der Waals surface area contributed by atoms with Crippen LogP contribution in [0.2, 0.25) is 0 Å². The van der Waals surface area contributed by atoms with Crippen LogP contribution < -0.4 is 5.32 Å². The highest BCUT2D eigenvalue weighted by atomic mass is 16.5. The van der Waals surface area contributed by atoms with E-state index in [0.29, 0.717) is 0 Å². The third-order valence-corrected chi connectivity index (χ3v) is 1.92. The number of esters is 1. The summed E-state index contributed by atoms with van der Waals surface area (Å²) in [5.74, 6) is -0.551. The zero-order valence-electron chi connectivity index (χ0n) is 6.54. The fraction of sp³-hybridized carbons (Fsp3) is 0.857. The predicted molar refractivity (Wildman–Crippen MR) is 39.0 cm³/mol. The van der Waals surface area contributed by atoms with Crippen LogP contribution in [0.3, 0.4) is 0 Å². The highest BCUT2D eigenvalue weighted by molar-refractivity contribution is 5.75. The summed E-state index contributed by atoms with van der Waals surface area (Å²) in [6.45, 7) is 0.874. The second-order valence-electron chi connectivity index (χ2n) is 2.67.